The first-order chi connectivity index (χ1) is 10.3. The number of benzene rings is 1. The van der Waals surface area contributed by atoms with Crippen LogP contribution in [0.4, 0.5) is 0 Å². The second-order valence-corrected chi connectivity index (χ2v) is 6.29. The predicted molar refractivity (Wildman–Crippen MR) is 85.9 cm³/mol. The Labute approximate surface area is 139 Å². The van der Waals surface area contributed by atoms with Crippen LogP contribution in [-0.2, 0) is 14.3 Å². The smallest absolute Gasteiger partial charge is 0.336 e. The lowest BCUT2D eigenvalue weighted by molar-refractivity contribution is -0.143. The lowest BCUT2D eigenvalue weighted by Gasteiger charge is -2.27. The van der Waals surface area contributed by atoms with Gasteiger partial charge in [-0.2, -0.15) is 0 Å². The molecule has 1 aromatic carbocycles. The van der Waals surface area contributed by atoms with Crippen LogP contribution in [-0.4, -0.2) is 18.0 Å². The van der Waals surface area contributed by atoms with Gasteiger partial charge in [0, 0.05) is 18.0 Å². The fourth-order valence-electron chi connectivity index (χ4n) is 2.46. The zero-order valence-electron chi connectivity index (χ0n) is 12.6. The molecule has 22 heavy (non-hydrogen) atoms. The van der Waals surface area contributed by atoms with Crippen LogP contribution in [0.2, 0.25) is 10.0 Å². The van der Waals surface area contributed by atoms with Crippen LogP contribution < -0.4 is 5.32 Å². The topological polar surface area (TPSA) is 55.4 Å². The molecule has 1 heterocycles. The number of hydrogen-bond acceptors (Lipinski definition) is 3. The Morgan fingerprint density at radius 3 is 2.59 bits per heavy atom. The normalized spacial score (nSPS) is 18.5. The molecule has 0 saturated carbocycles. The minimum atomic E-state index is -0.427. The molecular weight excluding hydrogens is 325 g/mol. The molecule has 0 saturated heterocycles. The number of halogens is 2. The first-order valence-corrected chi connectivity index (χ1v) is 7.71. The van der Waals surface area contributed by atoms with Crippen molar-refractivity contribution in [3.05, 3.63) is 45.1 Å². The van der Waals surface area contributed by atoms with Crippen LogP contribution >= 0.6 is 23.2 Å². The Kier molecular flexibility index (Phi) is 5.14. The minimum absolute atomic E-state index is 0.144. The Balaban J connectivity index is 2.45. The van der Waals surface area contributed by atoms with E-state index >= 15 is 0 Å². The number of carbonyl (C=O) groups excluding carboxylic acids is 2. The van der Waals surface area contributed by atoms with E-state index in [1.807, 2.05) is 0 Å². The third-order valence-corrected chi connectivity index (χ3v) is 4.12. The van der Waals surface area contributed by atoms with E-state index in [-0.39, 0.29) is 18.4 Å². The van der Waals surface area contributed by atoms with Crippen molar-refractivity contribution < 1.29 is 14.3 Å². The Morgan fingerprint density at radius 2 is 2.00 bits per heavy atom. The third kappa shape index (κ3) is 3.62. The highest BCUT2D eigenvalue weighted by atomic mass is 35.5. The monoisotopic (exact) mass is 341 g/mol. The first-order valence-electron chi connectivity index (χ1n) is 6.96. The molecule has 1 aliphatic heterocycles. The summed E-state index contributed by atoms with van der Waals surface area (Å²) in [7, 11) is 0. The van der Waals surface area contributed by atoms with E-state index in [1.165, 1.54) is 0 Å². The molecule has 118 valence electrons. The van der Waals surface area contributed by atoms with E-state index in [0.29, 0.717) is 21.3 Å². The van der Waals surface area contributed by atoms with Gasteiger partial charge in [-0.15, -0.1) is 0 Å². The van der Waals surface area contributed by atoms with Gasteiger partial charge in [-0.05, 0) is 38.5 Å². The van der Waals surface area contributed by atoms with Gasteiger partial charge in [0.05, 0.1) is 21.7 Å². The zero-order valence-corrected chi connectivity index (χ0v) is 14.1. The first kappa shape index (κ1) is 16.8. The van der Waals surface area contributed by atoms with E-state index in [2.05, 4.69) is 5.32 Å². The standard InChI is InChI=1S/C16H17Cl2NO3/c1-8(2)22-16(21)15-9(3)19-14(20)7-11(15)10-4-5-12(17)13(18)6-10/h4-6,8,11H,7H2,1-3H3,(H,19,20)/t11-/m0/s1. The van der Waals surface area contributed by atoms with Crippen molar-refractivity contribution in [3.8, 4) is 0 Å². The van der Waals surface area contributed by atoms with Gasteiger partial charge in [-0.1, -0.05) is 29.3 Å². The number of amides is 1. The fraction of sp³-hybridized carbons (Fsp3) is 0.375. The van der Waals surface area contributed by atoms with Gasteiger partial charge in [-0.3, -0.25) is 4.79 Å². The molecule has 1 N–H and O–H groups in total. The second-order valence-electron chi connectivity index (χ2n) is 5.47. The van der Waals surface area contributed by atoms with Crippen LogP contribution in [0.5, 0.6) is 0 Å². The highest BCUT2D eigenvalue weighted by Gasteiger charge is 2.33. The Bertz CT molecular complexity index is 653. The molecule has 0 aliphatic carbocycles. The summed E-state index contributed by atoms with van der Waals surface area (Å²) < 4.78 is 5.29. The van der Waals surface area contributed by atoms with Gasteiger partial charge in [-0.25, -0.2) is 4.79 Å². The summed E-state index contributed by atoms with van der Waals surface area (Å²) in [6.07, 6.45) is -0.0717. The number of carbonyl (C=O) groups is 2. The number of nitrogens with one attached hydrogen (secondary N) is 1. The average Bonchev–Trinajstić information content (AvgIpc) is 2.39. The molecule has 0 radical (unpaired) electrons. The lowest BCUT2D eigenvalue weighted by atomic mass is 9.84. The number of allylic oxidation sites excluding steroid dienone is 1. The molecule has 1 amide bonds. The van der Waals surface area contributed by atoms with Gasteiger partial charge >= 0.3 is 5.97 Å². The zero-order chi connectivity index (χ0) is 16.4. The third-order valence-electron chi connectivity index (χ3n) is 3.38. The van der Waals surface area contributed by atoms with Crippen LogP contribution in [0.25, 0.3) is 0 Å². The summed E-state index contributed by atoms with van der Waals surface area (Å²) in [5, 5.41) is 3.51. The molecule has 6 heteroatoms. The van der Waals surface area contributed by atoms with Crippen molar-refractivity contribution in [2.45, 2.75) is 39.2 Å². The summed E-state index contributed by atoms with van der Waals surface area (Å²) in [6, 6.07) is 5.11. The van der Waals surface area contributed by atoms with E-state index < -0.39 is 11.9 Å². The minimum Gasteiger partial charge on any atom is -0.460 e. The maximum atomic E-state index is 12.4. The van der Waals surface area contributed by atoms with Gasteiger partial charge in [0.15, 0.2) is 0 Å². The van der Waals surface area contributed by atoms with Crippen molar-refractivity contribution in [3.63, 3.8) is 0 Å². The lowest BCUT2D eigenvalue weighted by Crippen LogP contribution is -2.34. The molecule has 0 fully saturated rings. The molecule has 4 nitrogen and oxygen atoms in total. The summed E-state index contributed by atoms with van der Waals surface area (Å²) in [6.45, 7) is 5.26. The molecule has 2 rings (SSSR count). The number of esters is 1. The highest BCUT2D eigenvalue weighted by molar-refractivity contribution is 6.42. The van der Waals surface area contributed by atoms with Crippen LogP contribution in [0.15, 0.2) is 29.5 Å². The van der Waals surface area contributed by atoms with Crippen LogP contribution in [0.1, 0.15) is 38.7 Å². The van der Waals surface area contributed by atoms with Gasteiger partial charge in [0.25, 0.3) is 0 Å². The maximum absolute atomic E-state index is 12.4. The highest BCUT2D eigenvalue weighted by Crippen LogP contribution is 2.36. The van der Waals surface area contributed by atoms with Crippen LogP contribution in [0, 0.1) is 0 Å². The number of ether oxygens (including phenoxy) is 1. The molecule has 0 bridgehead atoms. The summed E-state index contributed by atoms with van der Waals surface area (Å²) in [5.41, 5.74) is 1.73. The van der Waals surface area contributed by atoms with E-state index in [1.54, 1.807) is 39.0 Å². The van der Waals surface area contributed by atoms with Crippen LogP contribution in [0.3, 0.4) is 0 Å². The van der Waals surface area contributed by atoms with Gasteiger partial charge in [0.1, 0.15) is 0 Å². The maximum Gasteiger partial charge on any atom is 0.336 e. The quantitative estimate of drug-likeness (QED) is 0.850. The molecule has 1 aromatic rings. The molecular formula is C16H17Cl2NO3. The SMILES string of the molecule is CC1=C(C(=O)OC(C)C)[C@H](c2ccc(Cl)c(Cl)c2)CC(=O)N1. The second kappa shape index (κ2) is 6.71. The summed E-state index contributed by atoms with van der Waals surface area (Å²) >= 11 is 12.0. The van der Waals surface area contributed by atoms with Gasteiger partial charge in [0.2, 0.25) is 5.91 Å². The van der Waals surface area contributed by atoms with E-state index in [9.17, 15) is 9.59 Å². The summed E-state index contributed by atoms with van der Waals surface area (Å²) in [4.78, 5) is 24.2. The molecule has 0 unspecified atom stereocenters. The molecule has 1 aliphatic rings. The Hall–Kier alpha value is -1.52. The summed E-state index contributed by atoms with van der Waals surface area (Å²) in [5.74, 6) is -0.965. The Morgan fingerprint density at radius 1 is 1.32 bits per heavy atom. The number of hydrogen-bond donors (Lipinski definition) is 1. The van der Waals surface area contributed by atoms with Crippen molar-refractivity contribution in [1.82, 2.24) is 5.32 Å². The largest absolute Gasteiger partial charge is 0.460 e. The molecule has 0 aromatic heterocycles. The van der Waals surface area contributed by atoms with Crippen molar-refractivity contribution in [2.75, 3.05) is 0 Å². The van der Waals surface area contributed by atoms with Gasteiger partial charge < -0.3 is 10.1 Å². The predicted octanol–water partition coefficient (Wildman–Crippen LogP) is 3.82. The fourth-order valence-corrected chi connectivity index (χ4v) is 2.77. The van der Waals surface area contributed by atoms with E-state index in [4.69, 9.17) is 27.9 Å². The van der Waals surface area contributed by atoms with E-state index in [0.717, 1.165) is 5.56 Å². The van der Waals surface area contributed by atoms with Crippen molar-refractivity contribution in [1.29, 1.82) is 0 Å². The number of rotatable bonds is 3. The average molecular weight is 342 g/mol. The van der Waals surface area contributed by atoms with Crippen molar-refractivity contribution in [2.24, 2.45) is 0 Å². The van der Waals surface area contributed by atoms with Crippen molar-refractivity contribution >= 4 is 35.1 Å². The molecule has 1 atom stereocenters. The molecule has 0 spiro atoms.